The predicted molar refractivity (Wildman–Crippen MR) is 172 cm³/mol. The summed E-state index contributed by atoms with van der Waals surface area (Å²) in [6, 6.07) is 36.8. The summed E-state index contributed by atoms with van der Waals surface area (Å²) in [5.41, 5.74) is 0. The minimum atomic E-state index is -0.107. The number of fused-ring (bicyclic) bond motifs is 2. The molecule has 5 aromatic rings. The maximum Gasteiger partial charge on any atom is 0.166 e. The van der Waals surface area contributed by atoms with Gasteiger partial charge in [-0.2, -0.15) is 0 Å². The molecule has 1 aliphatic rings. The molecular weight excluding hydrogens is 529 g/mol. The van der Waals surface area contributed by atoms with E-state index in [1.54, 1.807) is 0 Å². The Bertz CT molecular complexity index is 1640. The zero-order valence-electron chi connectivity index (χ0n) is 22.9. The molecule has 0 N–H and O–H groups in total. The van der Waals surface area contributed by atoms with Crippen molar-refractivity contribution in [2.24, 2.45) is 0 Å². The molecule has 0 spiro atoms. The van der Waals surface area contributed by atoms with Crippen molar-refractivity contribution in [3.05, 3.63) is 126 Å². The summed E-state index contributed by atoms with van der Waals surface area (Å²) in [6.07, 6.45) is 8.16. The molecule has 5 aromatic carbocycles. The summed E-state index contributed by atoms with van der Waals surface area (Å²) in [7, 11) is -0.107. The van der Waals surface area contributed by atoms with Crippen molar-refractivity contribution in [2.45, 2.75) is 40.2 Å². The first-order chi connectivity index (χ1) is 19.8. The highest BCUT2D eigenvalue weighted by molar-refractivity contribution is 8.01. The Labute approximate surface area is 244 Å². The molecule has 1 aliphatic carbocycles. The Kier molecular flexibility index (Phi) is 8.17. The van der Waals surface area contributed by atoms with E-state index >= 15 is 0 Å². The molecule has 1 unspecified atom stereocenters. The topological polar surface area (TPSA) is 18.5 Å². The second kappa shape index (κ2) is 12.3. The van der Waals surface area contributed by atoms with Crippen LogP contribution in [0.15, 0.2) is 141 Å². The molecule has 0 fully saturated rings. The number of ether oxygens (including phenoxy) is 2. The summed E-state index contributed by atoms with van der Waals surface area (Å²) >= 11 is 1.91. The minimum Gasteiger partial charge on any atom is -0.493 e. The highest BCUT2D eigenvalue weighted by atomic mass is 32.2. The van der Waals surface area contributed by atoms with Crippen molar-refractivity contribution < 1.29 is 9.47 Å². The molecule has 6 rings (SSSR count). The minimum absolute atomic E-state index is 0.107. The molecule has 0 aliphatic heterocycles. The van der Waals surface area contributed by atoms with Crippen LogP contribution in [0.2, 0.25) is 0 Å². The molecule has 0 amide bonds. The van der Waals surface area contributed by atoms with E-state index in [0.717, 1.165) is 39.5 Å². The van der Waals surface area contributed by atoms with Gasteiger partial charge in [0.15, 0.2) is 14.7 Å². The lowest BCUT2D eigenvalue weighted by Gasteiger charge is -2.19. The Hall–Kier alpha value is -3.60. The van der Waals surface area contributed by atoms with Crippen LogP contribution < -0.4 is 9.47 Å². The summed E-state index contributed by atoms with van der Waals surface area (Å²) in [5.74, 6) is 1.88. The van der Waals surface area contributed by atoms with Gasteiger partial charge < -0.3 is 9.47 Å². The van der Waals surface area contributed by atoms with Gasteiger partial charge in [0.2, 0.25) is 0 Å². The second-order valence-corrected chi connectivity index (χ2v) is 12.9. The Morgan fingerprint density at radius 3 is 1.77 bits per heavy atom. The predicted octanol–water partition coefficient (Wildman–Crippen LogP) is 9.83. The van der Waals surface area contributed by atoms with E-state index < -0.39 is 0 Å². The SMILES string of the molecule is CCOc1c2ccccc2c(OCC)c2cc(SC3C=CC([S+](c4ccccc4)c4ccccc4)=CC3)ccc12. The van der Waals surface area contributed by atoms with E-state index in [9.17, 15) is 0 Å². The van der Waals surface area contributed by atoms with Crippen molar-refractivity contribution in [2.75, 3.05) is 13.2 Å². The number of allylic oxidation sites excluding steroid dienone is 2. The van der Waals surface area contributed by atoms with E-state index in [4.69, 9.17) is 9.47 Å². The van der Waals surface area contributed by atoms with Crippen molar-refractivity contribution in [3.8, 4) is 11.5 Å². The summed E-state index contributed by atoms with van der Waals surface area (Å²) in [6.45, 7) is 5.33. The van der Waals surface area contributed by atoms with Gasteiger partial charge in [-0.1, -0.05) is 66.7 Å². The van der Waals surface area contributed by atoms with Crippen LogP contribution in [-0.4, -0.2) is 18.5 Å². The quantitative estimate of drug-likeness (QED) is 0.132. The average Bonchev–Trinajstić information content (AvgIpc) is 3.01. The third-order valence-electron chi connectivity index (χ3n) is 6.98. The lowest BCUT2D eigenvalue weighted by atomic mass is 10.0. The van der Waals surface area contributed by atoms with Gasteiger partial charge in [0, 0.05) is 31.7 Å². The van der Waals surface area contributed by atoms with E-state index in [-0.39, 0.29) is 10.9 Å². The van der Waals surface area contributed by atoms with Crippen LogP contribution in [0.4, 0.5) is 0 Å². The zero-order valence-corrected chi connectivity index (χ0v) is 24.5. The molecule has 0 bridgehead atoms. The third kappa shape index (κ3) is 5.39. The first kappa shape index (κ1) is 26.6. The monoisotopic (exact) mass is 561 g/mol. The molecule has 0 radical (unpaired) electrons. The number of thioether (sulfide) groups is 1. The first-order valence-electron chi connectivity index (χ1n) is 13.9. The Morgan fingerprint density at radius 1 is 0.675 bits per heavy atom. The molecule has 2 nitrogen and oxygen atoms in total. The molecule has 0 aromatic heterocycles. The highest BCUT2D eigenvalue weighted by Crippen LogP contribution is 2.45. The van der Waals surface area contributed by atoms with E-state index in [1.807, 2.05) is 25.6 Å². The van der Waals surface area contributed by atoms with Crippen LogP contribution in [-0.2, 0) is 10.9 Å². The zero-order chi connectivity index (χ0) is 27.3. The Morgan fingerprint density at radius 2 is 1.23 bits per heavy atom. The van der Waals surface area contributed by atoms with Crippen molar-refractivity contribution in [1.29, 1.82) is 0 Å². The van der Waals surface area contributed by atoms with Crippen molar-refractivity contribution >= 4 is 44.2 Å². The lowest BCUT2D eigenvalue weighted by Crippen LogP contribution is -2.10. The second-order valence-electron chi connectivity index (χ2n) is 9.57. The fourth-order valence-corrected chi connectivity index (χ4v) is 8.45. The summed E-state index contributed by atoms with van der Waals surface area (Å²) in [5, 5.41) is 4.78. The first-order valence-corrected chi connectivity index (χ1v) is 16.0. The van der Waals surface area contributed by atoms with Gasteiger partial charge in [-0.3, -0.25) is 0 Å². The van der Waals surface area contributed by atoms with Crippen LogP contribution >= 0.6 is 11.8 Å². The van der Waals surface area contributed by atoms with Crippen LogP contribution in [0, 0.1) is 0 Å². The average molecular weight is 562 g/mol. The molecule has 0 heterocycles. The van der Waals surface area contributed by atoms with Crippen LogP contribution in [0.1, 0.15) is 20.3 Å². The molecule has 0 saturated heterocycles. The largest absolute Gasteiger partial charge is 0.493 e. The lowest BCUT2D eigenvalue weighted by molar-refractivity contribution is 0.342. The third-order valence-corrected chi connectivity index (χ3v) is 10.4. The van der Waals surface area contributed by atoms with Gasteiger partial charge in [-0.05, 0) is 74.9 Å². The molecule has 1 atom stereocenters. The normalized spacial score (nSPS) is 15.0. The van der Waals surface area contributed by atoms with Crippen LogP contribution in [0.25, 0.3) is 21.5 Å². The van der Waals surface area contributed by atoms with Crippen molar-refractivity contribution in [1.82, 2.24) is 0 Å². The molecule has 4 heteroatoms. The number of benzene rings is 5. The van der Waals surface area contributed by atoms with Gasteiger partial charge >= 0.3 is 0 Å². The van der Waals surface area contributed by atoms with E-state index in [1.165, 1.54) is 19.6 Å². The summed E-state index contributed by atoms with van der Waals surface area (Å²) in [4.78, 5) is 5.33. The summed E-state index contributed by atoms with van der Waals surface area (Å²) < 4.78 is 12.4. The molecule has 0 saturated carbocycles. The van der Waals surface area contributed by atoms with Gasteiger partial charge in [0.25, 0.3) is 0 Å². The maximum atomic E-state index is 6.25. The van der Waals surface area contributed by atoms with Gasteiger partial charge in [0.1, 0.15) is 11.5 Å². The van der Waals surface area contributed by atoms with Crippen molar-refractivity contribution in [3.63, 3.8) is 0 Å². The van der Waals surface area contributed by atoms with Gasteiger partial charge in [0.05, 0.1) is 24.1 Å². The standard InChI is InChI=1S/C36H33O2S2/c1-3-37-35-31-17-11-12-18-32(31)36(38-4-2)34-25-27(21-24-33(34)35)39-26-19-22-30(23-20-26)40(28-13-7-5-8-14-28)29-15-9-6-10-16-29/h5-19,21-26H,3-4,20H2,1-2H3/q+1. The highest BCUT2D eigenvalue weighted by Gasteiger charge is 2.31. The van der Waals surface area contributed by atoms with Gasteiger partial charge in [-0.25, -0.2) is 0 Å². The Balaban J connectivity index is 1.30. The van der Waals surface area contributed by atoms with E-state index in [2.05, 4.69) is 121 Å². The molecular formula is C36H33O2S2+. The maximum absolute atomic E-state index is 6.25. The molecule has 200 valence electrons. The number of rotatable bonds is 9. The van der Waals surface area contributed by atoms with Crippen LogP contribution in [0.3, 0.4) is 0 Å². The van der Waals surface area contributed by atoms with Gasteiger partial charge in [-0.15, -0.1) is 11.8 Å². The fraction of sp³-hybridized carbons (Fsp3) is 0.167. The molecule has 40 heavy (non-hydrogen) atoms. The number of hydrogen-bond donors (Lipinski definition) is 0. The van der Waals surface area contributed by atoms with Crippen LogP contribution in [0.5, 0.6) is 11.5 Å². The number of hydrogen-bond acceptors (Lipinski definition) is 3. The van der Waals surface area contributed by atoms with E-state index in [0.29, 0.717) is 18.5 Å². The fourth-order valence-electron chi connectivity index (χ4n) is 5.27. The smallest absolute Gasteiger partial charge is 0.166 e.